The molecule has 2 aromatic carbocycles. The number of hydrogen-bond acceptors (Lipinski definition) is 3. The van der Waals surface area contributed by atoms with Crippen LogP contribution >= 0.6 is 11.6 Å². The zero-order valence-corrected chi connectivity index (χ0v) is 12.2. The predicted molar refractivity (Wildman–Crippen MR) is 78.0 cm³/mol. The van der Waals surface area contributed by atoms with Crippen molar-refractivity contribution in [2.45, 2.75) is 12.5 Å². The first kappa shape index (κ1) is 15.1. The van der Waals surface area contributed by atoms with Gasteiger partial charge >= 0.3 is 0 Å². The number of nitrogens with zero attached hydrogens (tertiary/aromatic N) is 1. The Labute approximate surface area is 127 Å². The molecule has 0 N–H and O–H groups in total. The van der Waals surface area contributed by atoms with E-state index in [1.54, 1.807) is 31.4 Å². The number of hydrogen-bond donors (Lipinski definition) is 0. The molecule has 0 aliphatic carbocycles. The van der Waals surface area contributed by atoms with E-state index >= 15 is 0 Å². The molecule has 0 saturated carbocycles. The Morgan fingerprint density at radius 1 is 1.14 bits per heavy atom. The molecule has 0 radical (unpaired) electrons. The molecule has 0 bridgehead atoms. The Bertz CT molecular complexity index is 682. The van der Waals surface area contributed by atoms with E-state index in [0.29, 0.717) is 22.9 Å². The van der Waals surface area contributed by atoms with E-state index in [2.05, 4.69) is 0 Å². The maximum atomic E-state index is 13.2. The Kier molecular flexibility index (Phi) is 5.02. The van der Waals surface area contributed by atoms with Gasteiger partial charge in [-0.15, -0.1) is 11.6 Å². The predicted octanol–water partition coefficient (Wildman–Crippen LogP) is 4.02. The molecular weight excluding hydrogens is 293 g/mol. The molecule has 0 aliphatic heterocycles. The standard InChI is InChI=1S/C16H13ClFNO2/c1-20-16-7-11(8-17)3-5-15(16)21-10-12-2-4-14(18)13(6-12)9-19/h2-7H,8,10H2,1H3. The molecule has 0 amide bonds. The van der Waals surface area contributed by atoms with Crippen LogP contribution in [0.15, 0.2) is 36.4 Å². The summed E-state index contributed by atoms with van der Waals surface area (Å²) in [5, 5.41) is 8.80. The highest BCUT2D eigenvalue weighted by atomic mass is 35.5. The van der Waals surface area contributed by atoms with Gasteiger partial charge < -0.3 is 9.47 Å². The van der Waals surface area contributed by atoms with Crippen molar-refractivity contribution in [1.29, 1.82) is 5.26 Å². The Morgan fingerprint density at radius 2 is 1.90 bits per heavy atom. The van der Waals surface area contributed by atoms with Crippen molar-refractivity contribution in [2.24, 2.45) is 0 Å². The fraction of sp³-hybridized carbons (Fsp3) is 0.188. The lowest BCUT2D eigenvalue weighted by atomic mass is 10.1. The van der Waals surface area contributed by atoms with Crippen LogP contribution in [0.25, 0.3) is 0 Å². The van der Waals surface area contributed by atoms with Crippen LogP contribution in [0.5, 0.6) is 11.5 Å². The summed E-state index contributed by atoms with van der Waals surface area (Å²) < 4.78 is 24.1. The number of methoxy groups -OCH3 is 1. The molecule has 2 rings (SSSR count). The fourth-order valence-corrected chi connectivity index (χ4v) is 1.99. The lowest BCUT2D eigenvalue weighted by Gasteiger charge is -2.12. The van der Waals surface area contributed by atoms with E-state index in [-0.39, 0.29) is 12.2 Å². The molecule has 0 saturated heterocycles. The largest absolute Gasteiger partial charge is 0.493 e. The van der Waals surface area contributed by atoms with Gasteiger partial charge in [0.15, 0.2) is 11.5 Å². The minimum Gasteiger partial charge on any atom is -0.493 e. The highest BCUT2D eigenvalue weighted by Crippen LogP contribution is 2.29. The number of benzene rings is 2. The summed E-state index contributed by atoms with van der Waals surface area (Å²) >= 11 is 5.77. The SMILES string of the molecule is COc1cc(CCl)ccc1OCc1ccc(F)c(C#N)c1. The van der Waals surface area contributed by atoms with E-state index in [1.807, 2.05) is 6.07 Å². The highest BCUT2D eigenvalue weighted by Gasteiger charge is 2.07. The van der Waals surface area contributed by atoms with Crippen molar-refractivity contribution in [3.63, 3.8) is 0 Å². The average molecular weight is 306 g/mol. The van der Waals surface area contributed by atoms with Gasteiger partial charge in [0.1, 0.15) is 18.5 Å². The maximum absolute atomic E-state index is 13.2. The van der Waals surface area contributed by atoms with Crippen molar-refractivity contribution in [3.05, 3.63) is 58.9 Å². The Balaban J connectivity index is 2.15. The summed E-state index contributed by atoms with van der Waals surface area (Å²) in [6.07, 6.45) is 0. The van der Waals surface area contributed by atoms with Crippen LogP contribution in [0.4, 0.5) is 4.39 Å². The van der Waals surface area contributed by atoms with Crippen molar-refractivity contribution < 1.29 is 13.9 Å². The molecule has 3 nitrogen and oxygen atoms in total. The van der Waals surface area contributed by atoms with Gasteiger partial charge in [-0.2, -0.15) is 5.26 Å². The molecule has 0 spiro atoms. The molecule has 0 fully saturated rings. The summed E-state index contributed by atoms with van der Waals surface area (Å²) in [6.45, 7) is 0.214. The number of rotatable bonds is 5. The summed E-state index contributed by atoms with van der Waals surface area (Å²) in [5.41, 5.74) is 1.63. The van der Waals surface area contributed by atoms with Gasteiger partial charge in [0.05, 0.1) is 12.7 Å². The molecule has 5 heteroatoms. The van der Waals surface area contributed by atoms with E-state index in [9.17, 15) is 4.39 Å². The summed E-state index contributed by atoms with van der Waals surface area (Å²) in [6, 6.07) is 11.5. The van der Waals surface area contributed by atoms with Crippen LogP contribution in [0, 0.1) is 17.1 Å². The highest BCUT2D eigenvalue weighted by molar-refractivity contribution is 6.17. The minimum atomic E-state index is -0.537. The third kappa shape index (κ3) is 3.65. The zero-order chi connectivity index (χ0) is 15.2. The van der Waals surface area contributed by atoms with E-state index in [0.717, 1.165) is 5.56 Å². The quantitative estimate of drug-likeness (QED) is 0.783. The maximum Gasteiger partial charge on any atom is 0.161 e. The van der Waals surface area contributed by atoms with Gasteiger partial charge in [0.2, 0.25) is 0 Å². The fourth-order valence-electron chi connectivity index (χ4n) is 1.82. The molecule has 0 unspecified atom stereocenters. The number of nitriles is 1. The topological polar surface area (TPSA) is 42.2 Å². The molecule has 0 aliphatic rings. The van der Waals surface area contributed by atoms with Crippen LogP contribution in [0.2, 0.25) is 0 Å². The summed E-state index contributed by atoms with van der Waals surface area (Å²) in [4.78, 5) is 0. The summed E-state index contributed by atoms with van der Waals surface area (Å²) in [5.74, 6) is 0.996. The smallest absolute Gasteiger partial charge is 0.161 e. The van der Waals surface area contributed by atoms with Gasteiger partial charge in [0, 0.05) is 5.88 Å². The van der Waals surface area contributed by atoms with E-state index in [1.165, 1.54) is 12.1 Å². The molecule has 0 atom stereocenters. The van der Waals surface area contributed by atoms with Crippen molar-refractivity contribution in [2.75, 3.05) is 7.11 Å². The Hall–Kier alpha value is -2.25. The third-order valence-corrected chi connectivity index (χ3v) is 3.24. The number of alkyl halides is 1. The monoisotopic (exact) mass is 305 g/mol. The third-order valence-electron chi connectivity index (χ3n) is 2.93. The molecular formula is C16H13ClFNO2. The molecule has 108 valence electrons. The van der Waals surface area contributed by atoms with Crippen LogP contribution < -0.4 is 9.47 Å². The Morgan fingerprint density at radius 3 is 2.57 bits per heavy atom. The van der Waals surface area contributed by atoms with Gasteiger partial charge in [-0.3, -0.25) is 0 Å². The lowest BCUT2D eigenvalue weighted by Crippen LogP contribution is -1.99. The minimum absolute atomic E-state index is 0.000512. The van der Waals surface area contributed by atoms with Crippen LogP contribution in [-0.2, 0) is 12.5 Å². The van der Waals surface area contributed by atoms with Gasteiger partial charge in [-0.25, -0.2) is 4.39 Å². The first-order valence-corrected chi connectivity index (χ1v) is 6.75. The van der Waals surface area contributed by atoms with E-state index in [4.69, 9.17) is 26.3 Å². The zero-order valence-electron chi connectivity index (χ0n) is 11.4. The van der Waals surface area contributed by atoms with Crippen LogP contribution in [0.3, 0.4) is 0 Å². The first-order valence-electron chi connectivity index (χ1n) is 6.22. The molecule has 2 aromatic rings. The number of halogens is 2. The summed E-state index contributed by atoms with van der Waals surface area (Å²) in [7, 11) is 1.55. The normalized spacial score (nSPS) is 10.0. The molecule has 0 heterocycles. The second-order valence-corrected chi connectivity index (χ2v) is 4.60. The van der Waals surface area contributed by atoms with E-state index < -0.39 is 5.82 Å². The second kappa shape index (κ2) is 6.96. The van der Waals surface area contributed by atoms with Crippen LogP contribution in [0.1, 0.15) is 16.7 Å². The molecule has 0 aromatic heterocycles. The first-order chi connectivity index (χ1) is 10.2. The average Bonchev–Trinajstić information content (AvgIpc) is 2.53. The van der Waals surface area contributed by atoms with Crippen molar-refractivity contribution >= 4 is 11.6 Å². The molecule has 21 heavy (non-hydrogen) atoms. The van der Waals surface area contributed by atoms with Gasteiger partial charge in [-0.05, 0) is 35.4 Å². The number of ether oxygens (including phenoxy) is 2. The lowest BCUT2D eigenvalue weighted by molar-refractivity contribution is 0.284. The van der Waals surface area contributed by atoms with Crippen molar-refractivity contribution in [3.8, 4) is 17.6 Å². The van der Waals surface area contributed by atoms with Gasteiger partial charge in [0.25, 0.3) is 0 Å². The van der Waals surface area contributed by atoms with Crippen LogP contribution in [-0.4, -0.2) is 7.11 Å². The van der Waals surface area contributed by atoms with Crippen molar-refractivity contribution in [1.82, 2.24) is 0 Å². The van der Waals surface area contributed by atoms with Gasteiger partial charge in [-0.1, -0.05) is 12.1 Å². The second-order valence-electron chi connectivity index (χ2n) is 4.33.